The van der Waals surface area contributed by atoms with Crippen LogP contribution in [0.1, 0.15) is 44.5 Å². The van der Waals surface area contributed by atoms with Crippen LogP contribution in [0.5, 0.6) is 0 Å². The van der Waals surface area contributed by atoms with Crippen LogP contribution < -0.4 is 0 Å². The molecular weight excluding hydrogens is 176 g/mol. The van der Waals surface area contributed by atoms with E-state index in [4.69, 9.17) is 0 Å². The van der Waals surface area contributed by atoms with Gasteiger partial charge < -0.3 is 9.67 Å². The van der Waals surface area contributed by atoms with Gasteiger partial charge in [0.1, 0.15) is 11.9 Å². The summed E-state index contributed by atoms with van der Waals surface area (Å²) in [6.45, 7) is 2.96. The normalized spacial score (nSPS) is 19.3. The van der Waals surface area contributed by atoms with Gasteiger partial charge >= 0.3 is 0 Å². The highest BCUT2D eigenvalue weighted by Gasteiger charge is 2.23. The standard InChI is InChI=1S/C11H18N2O/c1-2-13-7-6-12-11(13)10(14)8-9-4-3-5-9/h6-7,9-10,14H,2-5,8H2,1H3. The van der Waals surface area contributed by atoms with Gasteiger partial charge in [0, 0.05) is 18.9 Å². The van der Waals surface area contributed by atoms with Gasteiger partial charge in [-0.2, -0.15) is 0 Å². The maximum atomic E-state index is 9.97. The van der Waals surface area contributed by atoms with Crippen molar-refractivity contribution in [1.82, 2.24) is 9.55 Å². The van der Waals surface area contributed by atoms with E-state index in [0.717, 1.165) is 24.7 Å². The summed E-state index contributed by atoms with van der Waals surface area (Å²) >= 11 is 0. The Balaban J connectivity index is 1.98. The number of aliphatic hydroxyl groups is 1. The molecule has 0 radical (unpaired) electrons. The van der Waals surface area contributed by atoms with Gasteiger partial charge in [-0.15, -0.1) is 0 Å². The van der Waals surface area contributed by atoms with Crippen LogP contribution >= 0.6 is 0 Å². The van der Waals surface area contributed by atoms with Crippen LogP contribution in [-0.2, 0) is 6.54 Å². The van der Waals surface area contributed by atoms with E-state index in [0.29, 0.717) is 0 Å². The molecule has 1 heterocycles. The molecule has 0 aromatic carbocycles. The molecule has 78 valence electrons. The number of aromatic nitrogens is 2. The lowest BCUT2D eigenvalue weighted by atomic mass is 9.81. The third kappa shape index (κ3) is 1.82. The van der Waals surface area contributed by atoms with Crippen molar-refractivity contribution in [3.63, 3.8) is 0 Å². The molecule has 1 aliphatic rings. The highest BCUT2D eigenvalue weighted by molar-refractivity contribution is 4.97. The Bertz CT molecular complexity index is 291. The lowest BCUT2D eigenvalue weighted by molar-refractivity contribution is 0.108. The molecule has 1 fully saturated rings. The first-order valence-electron chi connectivity index (χ1n) is 5.50. The summed E-state index contributed by atoms with van der Waals surface area (Å²) in [5.41, 5.74) is 0. The maximum absolute atomic E-state index is 9.97. The van der Waals surface area contributed by atoms with Crippen LogP contribution in [0.2, 0.25) is 0 Å². The molecular formula is C11H18N2O. The van der Waals surface area contributed by atoms with E-state index < -0.39 is 0 Å². The van der Waals surface area contributed by atoms with E-state index in [9.17, 15) is 5.11 Å². The van der Waals surface area contributed by atoms with E-state index in [2.05, 4.69) is 11.9 Å². The molecule has 3 heteroatoms. The number of imidazole rings is 1. The quantitative estimate of drug-likeness (QED) is 0.797. The largest absolute Gasteiger partial charge is 0.385 e. The van der Waals surface area contributed by atoms with Gasteiger partial charge in [0.2, 0.25) is 0 Å². The number of aliphatic hydroxyl groups excluding tert-OH is 1. The molecule has 1 saturated carbocycles. The molecule has 1 aromatic rings. The molecule has 0 bridgehead atoms. The monoisotopic (exact) mass is 194 g/mol. The zero-order chi connectivity index (χ0) is 9.97. The SMILES string of the molecule is CCn1ccnc1C(O)CC1CCC1. The molecule has 1 atom stereocenters. The number of nitrogens with zero attached hydrogens (tertiary/aromatic N) is 2. The van der Waals surface area contributed by atoms with Crippen LogP contribution in [0.15, 0.2) is 12.4 Å². The number of hydrogen-bond acceptors (Lipinski definition) is 2. The molecule has 0 saturated heterocycles. The van der Waals surface area contributed by atoms with Crippen molar-refractivity contribution < 1.29 is 5.11 Å². The smallest absolute Gasteiger partial charge is 0.137 e. The molecule has 14 heavy (non-hydrogen) atoms. The second-order valence-corrected chi connectivity index (χ2v) is 4.12. The van der Waals surface area contributed by atoms with Crippen LogP contribution in [0, 0.1) is 5.92 Å². The lowest BCUT2D eigenvalue weighted by Gasteiger charge is -2.27. The molecule has 0 amide bonds. The zero-order valence-electron chi connectivity index (χ0n) is 8.69. The second-order valence-electron chi connectivity index (χ2n) is 4.12. The van der Waals surface area contributed by atoms with E-state index in [-0.39, 0.29) is 6.10 Å². The van der Waals surface area contributed by atoms with Crippen LogP contribution in [0.4, 0.5) is 0 Å². The Morgan fingerprint density at radius 1 is 1.64 bits per heavy atom. The molecule has 2 rings (SSSR count). The van der Waals surface area contributed by atoms with Gasteiger partial charge in [0.15, 0.2) is 0 Å². The van der Waals surface area contributed by atoms with Gasteiger partial charge in [0.25, 0.3) is 0 Å². The fraction of sp³-hybridized carbons (Fsp3) is 0.727. The predicted molar refractivity (Wildman–Crippen MR) is 54.8 cm³/mol. The van der Waals surface area contributed by atoms with E-state index in [1.165, 1.54) is 19.3 Å². The average molecular weight is 194 g/mol. The number of rotatable bonds is 4. The third-order valence-corrected chi connectivity index (χ3v) is 3.17. The minimum Gasteiger partial charge on any atom is -0.385 e. The number of aryl methyl sites for hydroxylation is 1. The van der Waals surface area contributed by atoms with Crippen molar-refractivity contribution in [3.8, 4) is 0 Å². The van der Waals surface area contributed by atoms with Gasteiger partial charge in [0.05, 0.1) is 0 Å². The van der Waals surface area contributed by atoms with Crippen molar-refractivity contribution in [2.75, 3.05) is 0 Å². The summed E-state index contributed by atoms with van der Waals surface area (Å²) in [4.78, 5) is 4.21. The predicted octanol–water partition coefficient (Wildman–Crippen LogP) is 2.13. The third-order valence-electron chi connectivity index (χ3n) is 3.17. The van der Waals surface area contributed by atoms with Crippen molar-refractivity contribution in [3.05, 3.63) is 18.2 Å². The Labute approximate surface area is 84.8 Å². The summed E-state index contributed by atoms with van der Waals surface area (Å²) in [6.07, 6.45) is 8.11. The first kappa shape index (κ1) is 9.71. The number of hydrogen-bond donors (Lipinski definition) is 1. The Hall–Kier alpha value is -0.830. The fourth-order valence-corrected chi connectivity index (χ4v) is 2.04. The van der Waals surface area contributed by atoms with Crippen LogP contribution in [0.3, 0.4) is 0 Å². The topological polar surface area (TPSA) is 38.0 Å². The van der Waals surface area contributed by atoms with Crippen LogP contribution in [0.25, 0.3) is 0 Å². The van der Waals surface area contributed by atoms with Gasteiger partial charge in [-0.3, -0.25) is 0 Å². The van der Waals surface area contributed by atoms with Crippen molar-refractivity contribution >= 4 is 0 Å². The van der Waals surface area contributed by atoms with E-state index >= 15 is 0 Å². The lowest BCUT2D eigenvalue weighted by Crippen LogP contribution is -2.17. The van der Waals surface area contributed by atoms with Crippen molar-refractivity contribution in [1.29, 1.82) is 0 Å². The fourth-order valence-electron chi connectivity index (χ4n) is 2.04. The molecule has 1 aliphatic carbocycles. The molecule has 1 N–H and O–H groups in total. The summed E-state index contributed by atoms with van der Waals surface area (Å²) in [5.74, 6) is 1.56. The molecule has 3 nitrogen and oxygen atoms in total. The maximum Gasteiger partial charge on any atom is 0.137 e. The second kappa shape index (κ2) is 4.13. The van der Waals surface area contributed by atoms with Gasteiger partial charge in [-0.05, 0) is 19.3 Å². The first-order chi connectivity index (χ1) is 6.81. The summed E-state index contributed by atoms with van der Waals surface area (Å²) < 4.78 is 2.02. The van der Waals surface area contributed by atoms with E-state index in [1.54, 1.807) is 6.20 Å². The van der Waals surface area contributed by atoms with Crippen molar-refractivity contribution in [2.24, 2.45) is 5.92 Å². The Kier molecular flexibility index (Phi) is 2.87. The Morgan fingerprint density at radius 3 is 3.00 bits per heavy atom. The minimum absolute atomic E-state index is 0.366. The Morgan fingerprint density at radius 2 is 2.43 bits per heavy atom. The van der Waals surface area contributed by atoms with Gasteiger partial charge in [-0.1, -0.05) is 19.3 Å². The molecule has 1 unspecified atom stereocenters. The highest BCUT2D eigenvalue weighted by Crippen LogP contribution is 2.34. The summed E-state index contributed by atoms with van der Waals surface area (Å²) in [5, 5.41) is 9.97. The molecule has 0 spiro atoms. The van der Waals surface area contributed by atoms with Crippen molar-refractivity contribution in [2.45, 2.75) is 45.3 Å². The minimum atomic E-state index is -0.366. The van der Waals surface area contributed by atoms with Crippen LogP contribution in [-0.4, -0.2) is 14.7 Å². The van der Waals surface area contributed by atoms with Gasteiger partial charge in [-0.25, -0.2) is 4.98 Å². The molecule has 0 aliphatic heterocycles. The highest BCUT2D eigenvalue weighted by atomic mass is 16.3. The summed E-state index contributed by atoms with van der Waals surface area (Å²) in [6, 6.07) is 0. The molecule has 1 aromatic heterocycles. The first-order valence-corrected chi connectivity index (χ1v) is 5.50. The van der Waals surface area contributed by atoms with E-state index in [1.807, 2.05) is 10.8 Å². The zero-order valence-corrected chi connectivity index (χ0v) is 8.69. The average Bonchev–Trinajstić information content (AvgIpc) is 2.58. The summed E-state index contributed by atoms with van der Waals surface area (Å²) in [7, 11) is 0.